The van der Waals surface area contributed by atoms with Gasteiger partial charge in [0, 0.05) is 19.0 Å². The number of hydrogen-bond donors (Lipinski definition) is 1. The summed E-state index contributed by atoms with van der Waals surface area (Å²) in [7, 11) is 0. The lowest BCUT2D eigenvalue weighted by atomic mass is 10.0. The molecule has 35 heavy (non-hydrogen) atoms. The maximum atomic E-state index is 13.6. The third-order valence-corrected chi connectivity index (χ3v) is 6.19. The normalized spacial score (nSPS) is 12.5. The number of carbonyl (C=O) groups excluding carboxylic acids is 2. The van der Waals surface area contributed by atoms with E-state index in [-0.39, 0.29) is 24.5 Å². The lowest BCUT2D eigenvalue weighted by Crippen LogP contribution is -2.53. The van der Waals surface area contributed by atoms with Gasteiger partial charge in [0.15, 0.2) is 6.61 Å². The number of hydrogen-bond acceptors (Lipinski definition) is 3. The van der Waals surface area contributed by atoms with Gasteiger partial charge in [0.25, 0.3) is 5.91 Å². The summed E-state index contributed by atoms with van der Waals surface area (Å²) < 4.78 is 5.90. The van der Waals surface area contributed by atoms with Gasteiger partial charge in [-0.1, -0.05) is 85.3 Å². The molecule has 2 unspecified atom stereocenters. The molecule has 0 aromatic heterocycles. The zero-order chi connectivity index (χ0) is 25.2. The Labute approximate surface area is 209 Å². The highest BCUT2D eigenvalue weighted by atomic mass is 16.5. The van der Waals surface area contributed by atoms with Gasteiger partial charge in [0.05, 0.1) is 0 Å². The van der Waals surface area contributed by atoms with Crippen molar-refractivity contribution in [3.05, 3.63) is 101 Å². The van der Waals surface area contributed by atoms with Crippen LogP contribution in [0.1, 0.15) is 42.5 Å². The maximum Gasteiger partial charge on any atom is 0.261 e. The highest BCUT2D eigenvalue weighted by Gasteiger charge is 2.31. The second-order valence-corrected chi connectivity index (χ2v) is 9.08. The van der Waals surface area contributed by atoms with Crippen molar-refractivity contribution in [1.82, 2.24) is 10.2 Å². The zero-order valence-corrected chi connectivity index (χ0v) is 21.2. The first-order valence-electron chi connectivity index (χ1n) is 12.2. The number of para-hydroxylation sites is 1. The van der Waals surface area contributed by atoms with E-state index in [1.54, 1.807) is 4.90 Å². The van der Waals surface area contributed by atoms with E-state index in [9.17, 15) is 9.59 Å². The second-order valence-electron chi connectivity index (χ2n) is 9.08. The minimum atomic E-state index is -0.666. The van der Waals surface area contributed by atoms with Crippen LogP contribution in [0, 0.1) is 13.8 Å². The van der Waals surface area contributed by atoms with Gasteiger partial charge in [-0.3, -0.25) is 9.59 Å². The van der Waals surface area contributed by atoms with Crippen LogP contribution in [0.5, 0.6) is 5.75 Å². The fourth-order valence-corrected chi connectivity index (χ4v) is 3.83. The van der Waals surface area contributed by atoms with Crippen LogP contribution in [0.25, 0.3) is 0 Å². The monoisotopic (exact) mass is 472 g/mol. The Bertz CT molecular complexity index is 1100. The topological polar surface area (TPSA) is 58.6 Å². The Morgan fingerprint density at radius 2 is 1.54 bits per heavy atom. The summed E-state index contributed by atoms with van der Waals surface area (Å²) in [5.41, 5.74) is 4.07. The molecule has 2 amide bonds. The van der Waals surface area contributed by atoms with Crippen LogP contribution in [0.4, 0.5) is 0 Å². The highest BCUT2D eigenvalue weighted by Crippen LogP contribution is 2.19. The second kappa shape index (κ2) is 12.7. The van der Waals surface area contributed by atoms with Crippen molar-refractivity contribution in [1.29, 1.82) is 0 Å². The van der Waals surface area contributed by atoms with Gasteiger partial charge in [-0.15, -0.1) is 0 Å². The maximum absolute atomic E-state index is 13.6. The number of rotatable bonds is 11. The molecule has 0 aliphatic heterocycles. The molecule has 1 N–H and O–H groups in total. The summed E-state index contributed by atoms with van der Waals surface area (Å²) in [6.45, 7) is 8.16. The molecule has 0 saturated carbocycles. The molecule has 0 aliphatic rings. The summed E-state index contributed by atoms with van der Waals surface area (Å²) in [5, 5.41) is 3.09. The smallest absolute Gasteiger partial charge is 0.261 e. The Balaban J connectivity index is 1.91. The van der Waals surface area contributed by atoms with E-state index >= 15 is 0 Å². The average Bonchev–Trinajstić information content (AvgIpc) is 2.87. The van der Waals surface area contributed by atoms with Crippen LogP contribution in [0.2, 0.25) is 0 Å². The van der Waals surface area contributed by atoms with Crippen molar-refractivity contribution in [3.8, 4) is 5.75 Å². The molecule has 5 nitrogen and oxygen atoms in total. The number of nitrogens with one attached hydrogen (secondary N) is 1. The first-order chi connectivity index (χ1) is 16.9. The average molecular weight is 473 g/mol. The molecule has 0 aliphatic carbocycles. The van der Waals surface area contributed by atoms with E-state index in [0.29, 0.717) is 18.7 Å². The predicted octanol–water partition coefficient (Wildman–Crippen LogP) is 5.24. The molecule has 0 spiro atoms. The summed E-state index contributed by atoms with van der Waals surface area (Å²) >= 11 is 0. The van der Waals surface area contributed by atoms with E-state index in [1.165, 1.54) is 0 Å². The minimum absolute atomic E-state index is 0.0142. The first-order valence-corrected chi connectivity index (χ1v) is 12.2. The third-order valence-electron chi connectivity index (χ3n) is 6.19. The lowest BCUT2D eigenvalue weighted by Gasteiger charge is -2.32. The van der Waals surface area contributed by atoms with E-state index < -0.39 is 6.04 Å². The third kappa shape index (κ3) is 7.71. The fourth-order valence-electron chi connectivity index (χ4n) is 3.83. The van der Waals surface area contributed by atoms with Crippen molar-refractivity contribution in [2.24, 2.45) is 0 Å². The van der Waals surface area contributed by atoms with Gasteiger partial charge in [0.1, 0.15) is 11.8 Å². The largest absolute Gasteiger partial charge is 0.484 e. The van der Waals surface area contributed by atoms with Crippen molar-refractivity contribution in [2.75, 3.05) is 6.61 Å². The standard InChI is InChI=1S/C30H36N2O3/c1-5-24(4)31-30(34)27(19-25-12-7-6-8-13-25)32(20-26-17-15-22(2)16-18-26)29(33)21-35-28-14-10-9-11-23(28)3/h6-18,24,27H,5,19-21H2,1-4H3,(H,31,34). The lowest BCUT2D eigenvalue weighted by molar-refractivity contribution is -0.143. The summed E-state index contributed by atoms with van der Waals surface area (Å²) in [4.78, 5) is 28.8. The first kappa shape index (κ1) is 26.0. The molecule has 0 radical (unpaired) electrons. The molecule has 3 aromatic carbocycles. The Kier molecular flexibility index (Phi) is 9.47. The van der Waals surface area contributed by atoms with Gasteiger partial charge in [-0.2, -0.15) is 0 Å². The predicted molar refractivity (Wildman–Crippen MR) is 140 cm³/mol. The van der Waals surface area contributed by atoms with E-state index in [4.69, 9.17) is 4.74 Å². The molecule has 0 bridgehead atoms. The van der Waals surface area contributed by atoms with Crippen LogP contribution in [0.3, 0.4) is 0 Å². The Hall–Kier alpha value is -3.60. The molecule has 184 valence electrons. The van der Waals surface area contributed by atoms with Crippen molar-refractivity contribution >= 4 is 11.8 Å². The zero-order valence-electron chi connectivity index (χ0n) is 21.2. The number of carbonyl (C=O) groups is 2. The molecule has 0 saturated heterocycles. The molecule has 5 heteroatoms. The van der Waals surface area contributed by atoms with Gasteiger partial charge < -0.3 is 15.0 Å². The molecule has 3 rings (SSSR count). The number of ether oxygens (including phenoxy) is 1. The minimum Gasteiger partial charge on any atom is -0.484 e. The van der Waals surface area contributed by atoms with E-state index in [1.807, 2.05) is 107 Å². The molecular formula is C30H36N2O3. The SMILES string of the molecule is CCC(C)NC(=O)C(Cc1ccccc1)N(Cc1ccc(C)cc1)C(=O)COc1ccccc1C. The van der Waals surface area contributed by atoms with Crippen LogP contribution < -0.4 is 10.1 Å². The van der Waals surface area contributed by atoms with Crippen LogP contribution in [-0.4, -0.2) is 35.4 Å². The summed E-state index contributed by atoms with van der Waals surface area (Å²) in [5.74, 6) is 0.286. The molecule has 3 aromatic rings. The van der Waals surface area contributed by atoms with Crippen LogP contribution in [0.15, 0.2) is 78.9 Å². The molecule has 0 heterocycles. The number of amides is 2. The van der Waals surface area contributed by atoms with Gasteiger partial charge in [0.2, 0.25) is 5.91 Å². The molecular weight excluding hydrogens is 436 g/mol. The number of nitrogens with zero attached hydrogens (tertiary/aromatic N) is 1. The highest BCUT2D eigenvalue weighted by molar-refractivity contribution is 5.88. The van der Waals surface area contributed by atoms with Gasteiger partial charge >= 0.3 is 0 Å². The van der Waals surface area contributed by atoms with Crippen molar-refractivity contribution < 1.29 is 14.3 Å². The van der Waals surface area contributed by atoms with Crippen molar-refractivity contribution in [3.63, 3.8) is 0 Å². The molecule has 2 atom stereocenters. The fraction of sp³-hybridized carbons (Fsp3) is 0.333. The van der Waals surface area contributed by atoms with Gasteiger partial charge in [-0.25, -0.2) is 0 Å². The quantitative estimate of drug-likeness (QED) is 0.415. The Morgan fingerprint density at radius 1 is 0.886 bits per heavy atom. The number of benzene rings is 3. The van der Waals surface area contributed by atoms with Gasteiger partial charge in [-0.05, 0) is 49.9 Å². The summed E-state index contributed by atoms with van der Waals surface area (Å²) in [6, 6.07) is 24.8. The Morgan fingerprint density at radius 3 is 2.20 bits per heavy atom. The van der Waals surface area contributed by atoms with Crippen LogP contribution in [-0.2, 0) is 22.6 Å². The van der Waals surface area contributed by atoms with E-state index in [2.05, 4.69) is 5.32 Å². The molecule has 0 fully saturated rings. The number of aryl methyl sites for hydroxylation is 2. The van der Waals surface area contributed by atoms with Crippen LogP contribution >= 0.6 is 0 Å². The summed E-state index contributed by atoms with van der Waals surface area (Å²) in [6.07, 6.45) is 1.23. The van der Waals surface area contributed by atoms with E-state index in [0.717, 1.165) is 28.7 Å². The van der Waals surface area contributed by atoms with Crippen molar-refractivity contribution in [2.45, 2.75) is 59.2 Å².